The van der Waals surface area contributed by atoms with E-state index in [1.165, 1.54) is 16.8 Å². The number of benzene rings is 1. The van der Waals surface area contributed by atoms with Gasteiger partial charge in [0.2, 0.25) is 5.91 Å². The summed E-state index contributed by atoms with van der Waals surface area (Å²) in [7, 11) is 0. The second-order valence-corrected chi connectivity index (χ2v) is 10.7. The van der Waals surface area contributed by atoms with Crippen molar-refractivity contribution in [2.45, 2.75) is 87.4 Å². The van der Waals surface area contributed by atoms with Crippen molar-refractivity contribution in [3.63, 3.8) is 0 Å². The average molecular weight is 411 g/mol. The molecule has 0 bridgehead atoms. The van der Waals surface area contributed by atoms with E-state index in [1.54, 1.807) is 0 Å². The Kier molecular flexibility index (Phi) is 8.34. The van der Waals surface area contributed by atoms with E-state index in [1.807, 2.05) is 0 Å². The molecule has 0 radical (unpaired) electrons. The molecule has 0 aliphatic carbocycles. The fraction of sp³-hybridized carbons (Fsp3) is 0.593. The van der Waals surface area contributed by atoms with Crippen LogP contribution in [0.25, 0.3) is 0 Å². The molecule has 1 amide bonds. The number of aryl methyl sites for hydroxylation is 1. The largest absolute Gasteiger partial charge is 0.345 e. The minimum atomic E-state index is 0.210. The highest BCUT2D eigenvalue weighted by molar-refractivity contribution is 5.76. The van der Waals surface area contributed by atoms with Crippen LogP contribution in [0.5, 0.6) is 0 Å². The van der Waals surface area contributed by atoms with Crippen molar-refractivity contribution >= 4 is 5.91 Å². The molecule has 0 N–H and O–H groups in total. The molecule has 0 saturated carbocycles. The molecule has 0 spiro atoms. The van der Waals surface area contributed by atoms with Gasteiger partial charge in [-0.05, 0) is 55.2 Å². The Balaban J connectivity index is 2.17. The summed E-state index contributed by atoms with van der Waals surface area (Å²) in [5.74, 6) is 1.08. The minimum absolute atomic E-state index is 0.210. The molecule has 1 aromatic heterocycles. The number of amides is 1. The van der Waals surface area contributed by atoms with Crippen molar-refractivity contribution in [2.75, 3.05) is 0 Å². The molecule has 1 heterocycles. The van der Waals surface area contributed by atoms with Crippen LogP contribution in [0.3, 0.4) is 0 Å². The lowest BCUT2D eigenvalue weighted by Gasteiger charge is -2.34. The Morgan fingerprint density at radius 1 is 1.07 bits per heavy atom. The lowest BCUT2D eigenvalue weighted by molar-refractivity contribution is -0.136. The van der Waals surface area contributed by atoms with E-state index in [2.05, 4.69) is 107 Å². The van der Waals surface area contributed by atoms with Crippen LogP contribution in [0.1, 0.15) is 78.1 Å². The van der Waals surface area contributed by atoms with Gasteiger partial charge in [0.25, 0.3) is 0 Å². The standard InChI is InChI=1S/C27H42N2O/c1-20(2)23(5)29(26(30)16-22(4)17-27(6,7)8)19-25-13-10-14-28(25)18-24-12-9-11-21(3)15-24/h9-15,20,22-23H,16-19H2,1-8H3. The van der Waals surface area contributed by atoms with E-state index in [9.17, 15) is 4.79 Å². The minimum Gasteiger partial charge on any atom is -0.345 e. The summed E-state index contributed by atoms with van der Waals surface area (Å²) in [6, 6.07) is 13.1. The molecule has 3 heteroatoms. The van der Waals surface area contributed by atoms with Crippen LogP contribution >= 0.6 is 0 Å². The number of aromatic nitrogens is 1. The highest BCUT2D eigenvalue weighted by Crippen LogP contribution is 2.27. The predicted molar refractivity (Wildman–Crippen MR) is 127 cm³/mol. The third-order valence-electron chi connectivity index (χ3n) is 5.95. The topological polar surface area (TPSA) is 25.2 Å². The van der Waals surface area contributed by atoms with E-state index in [0.29, 0.717) is 24.8 Å². The van der Waals surface area contributed by atoms with Gasteiger partial charge in [-0.2, -0.15) is 0 Å². The molecule has 30 heavy (non-hydrogen) atoms. The summed E-state index contributed by atoms with van der Waals surface area (Å²) in [6.07, 6.45) is 3.81. The number of carbonyl (C=O) groups is 1. The van der Waals surface area contributed by atoms with Gasteiger partial charge in [0, 0.05) is 30.9 Å². The number of hydrogen-bond acceptors (Lipinski definition) is 1. The maximum atomic E-state index is 13.3. The van der Waals surface area contributed by atoms with Gasteiger partial charge in [0.05, 0.1) is 6.54 Å². The fourth-order valence-electron chi connectivity index (χ4n) is 4.28. The lowest BCUT2D eigenvalue weighted by Crippen LogP contribution is -2.42. The van der Waals surface area contributed by atoms with Crippen molar-refractivity contribution in [1.82, 2.24) is 9.47 Å². The number of carbonyl (C=O) groups excluding carboxylic acids is 1. The zero-order valence-electron chi connectivity index (χ0n) is 20.4. The van der Waals surface area contributed by atoms with Crippen molar-refractivity contribution in [3.8, 4) is 0 Å². The van der Waals surface area contributed by atoms with Gasteiger partial charge in [-0.25, -0.2) is 0 Å². The van der Waals surface area contributed by atoms with Crippen LogP contribution in [0.2, 0.25) is 0 Å². The third-order valence-corrected chi connectivity index (χ3v) is 5.95. The maximum absolute atomic E-state index is 13.3. The van der Waals surface area contributed by atoms with E-state index in [-0.39, 0.29) is 17.4 Å². The molecule has 0 aliphatic heterocycles. The first-order valence-corrected chi connectivity index (χ1v) is 11.5. The Labute approximate surface area is 184 Å². The van der Waals surface area contributed by atoms with Crippen molar-refractivity contribution in [2.24, 2.45) is 17.3 Å². The van der Waals surface area contributed by atoms with Crippen molar-refractivity contribution in [1.29, 1.82) is 0 Å². The second kappa shape index (κ2) is 10.3. The van der Waals surface area contributed by atoms with Gasteiger partial charge < -0.3 is 9.47 Å². The zero-order valence-corrected chi connectivity index (χ0v) is 20.4. The summed E-state index contributed by atoms with van der Waals surface area (Å²) in [6.45, 7) is 19.2. The van der Waals surface area contributed by atoms with E-state index < -0.39 is 0 Å². The Morgan fingerprint density at radius 3 is 2.37 bits per heavy atom. The maximum Gasteiger partial charge on any atom is 0.223 e. The van der Waals surface area contributed by atoms with Gasteiger partial charge in [-0.15, -0.1) is 0 Å². The normalized spacial score (nSPS) is 14.0. The highest BCUT2D eigenvalue weighted by Gasteiger charge is 2.26. The Bertz CT molecular complexity index is 812. The van der Waals surface area contributed by atoms with Crippen LogP contribution in [-0.2, 0) is 17.9 Å². The first kappa shape index (κ1) is 24.2. The SMILES string of the molecule is Cc1cccc(Cn2cccc2CN(C(=O)CC(C)CC(C)(C)C)C(C)C(C)C)c1. The lowest BCUT2D eigenvalue weighted by atomic mass is 9.84. The van der Waals surface area contributed by atoms with Gasteiger partial charge in [0.1, 0.15) is 0 Å². The predicted octanol–water partition coefficient (Wildman–Crippen LogP) is 6.68. The monoisotopic (exact) mass is 410 g/mol. The molecule has 2 unspecified atom stereocenters. The molecule has 2 rings (SSSR count). The highest BCUT2D eigenvalue weighted by atomic mass is 16.2. The molecule has 1 aromatic carbocycles. The van der Waals surface area contributed by atoms with Crippen LogP contribution < -0.4 is 0 Å². The van der Waals surface area contributed by atoms with Crippen LogP contribution in [0.4, 0.5) is 0 Å². The molecule has 3 nitrogen and oxygen atoms in total. The van der Waals surface area contributed by atoms with Crippen molar-refractivity contribution < 1.29 is 4.79 Å². The quantitative estimate of drug-likeness (QED) is 0.452. The van der Waals surface area contributed by atoms with E-state index in [4.69, 9.17) is 0 Å². The Hall–Kier alpha value is -2.03. The smallest absolute Gasteiger partial charge is 0.223 e. The summed E-state index contributed by atoms with van der Waals surface area (Å²) in [5, 5.41) is 0. The average Bonchev–Trinajstić information content (AvgIpc) is 3.03. The number of hydrogen-bond donors (Lipinski definition) is 0. The van der Waals surface area contributed by atoms with Gasteiger partial charge in [-0.1, -0.05) is 71.4 Å². The van der Waals surface area contributed by atoms with Gasteiger partial charge in [0.15, 0.2) is 0 Å². The van der Waals surface area contributed by atoms with Gasteiger partial charge >= 0.3 is 0 Å². The Morgan fingerprint density at radius 2 is 1.77 bits per heavy atom. The first-order valence-electron chi connectivity index (χ1n) is 11.5. The third kappa shape index (κ3) is 7.34. The number of rotatable bonds is 9. The molecule has 2 atom stereocenters. The first-order chi connectivity index (χ1) is 14.0. The molecule has 2 aromatic rings. The zero-order chi connectivity index (χ0) is 22.5. The van der Waals surface area contributed by atoms with E-state index >= 15 is 0 Å². The van der Waals surface area contributed by atoms with Gasteiger partial charge in [-0.3, -0.25) is 4.79 Å². The molecule has 0 fully saturated rings. The van der Waals surface area contributed by atoms with Crippen LogP contribution in [0.15, 0.2) is 42.6 Å². The second-order valence-electron chi connectivity index (χ2n) is 10.7. The molecule has 0 aliphatic rings. The fourth-order valence-corrected chi connectivity index (χ4v) is 4.28. The molecular formula is C27H42N2O. The molecule has 166 valence electrons. The van der Waals surface area contributed by atoms with Crippen LogP contribution in [-0.4, -0.2) is 21.4 Å². The summed E-state index contributed by atoms with van der Waals surface area (Å²) >= 11 is 0. The summed E-state index contributed by atoms with van der Waals surface area (Å²) in [5.41, 5.74) is 4.01. The summed E-state index contributed by atoms with van der Waals surface area (Å²) in [4.78, 5) is 15.4. The molecule has 0 saturated heterocycles. The van der Waals surface area contributed by atoms with Crippen molar-refractivity contribution in [3.05, 3.63) is 59.4 Å². The van der Waals surface area contributed by atoms with Crippen LogP contribution in [0, 0.1) is 24.2 Å². The summed E-state index contributed by atoms with van der Waals surface area (Å²) < 4.78 is 2.28. The number of nitrogens with zero attached hydrogens (tertiary/aromatic N) is 2. The van der Waals surface area contributed by atoms with E-state index in [0.717, 1.165) is 13.0 Å². The molecular weight excluding hydrogens is 368 g/mol.